The van der Waals surface area contributed by atoms with Gasteiger partial charge in [0.1, 0.15) is 0 Å². The highest BCUT2D eigenvalue weighted by Gasteiger charge is 2.02. The quantitative estimate of drug-likeness (QED) is 0.474. The van der Waals surface area contributed by atoms with Crippen LogP contribution in [0.1, 0.15) is 19.3 Å². The molecule has 4 heteroatoms. The maximum Gasteiger partial charge on any atom is 0.178 e. The standard InChI is InChI=1S/C12H15BN2S/c13-8-4-1-5-9-15-11-7-3-2-6-10(11)14-12(15)16/h2-3,6-7H,1,4-5,8-9H2,(H,14,16). The number of benzene rings is 1. The van der Waals surface area contributed by atoms with Crippen molar-refractivity contribution in [2.24, 2.45) is 0 Å². The SMILES string of the molecule is [B]CCCCCn1c(=S)[nH]c2ccccc21. The Morgan fingerprint density at radius 1 is 1.19 bits per heavy atom. The smallest absolute Gasteiger partial charge is 0.178 e. The molecule has 1 N–H and O–H groups in total. The predicted molar refractivity (Wildman–Crippen MR) is 71.5 cm³/mol. The van der Waals surface area contributed by atoms with Crippen molar-refractivity contribution < 1.29 is 0 Å². The van der Waals surface area contributed by atoms with E-state index in [0.29, 0.717) is 0 Å². The van der Waals surface area contributed by atoms with E-state index in [4.69, 9.17) is 20.1 Å². The Kier molecular flexibility index (Phi) is 3.83. The third kappa shape index (κ3) is 2.38. The molecule has 0 aliphatic heterocycles. The molecule has 0 atom stereocenters. The van der Waals surface area contributed by atoms with Gasteiger partial charge in [0.05, 0.1) is 18.9 Å². The van der Waals surface area contributed by atoms with E-state index in [2.05, 4.69) is 21.7 Å². The van der Waals surface area contributed by atoms with Crippen LogP contribution in [0.15, 0.2) is 24.3 Å². The van der Waals surface area contributed by atoms with Gasteiger partial charge < -0.3 is 9.55 Å². The Morgan fingerprint density at radius 3 is 2.81 bits per heavy atom. The van der Waals surface area contributed by atoms with Crippen LogP contribution < -0.4 is 0 Å². The molecular formula is C12H15BN2S. The Balaban J connectivity index is 2.16. The number of rotatable bonds is 5. The summed E-state index contributed by atoms with van der Waals surface area (Å²) >= 11 is 5.31. The molecule has 2 radical (unpaired) electrons. The molecule has 0 spiro atoms. The molecule has 0 amide bonds. The predicted octanol–water partition coefficient (Wildman–Crippen LogP) is 3.46. The molecular weight excluding hydrogens is 215 g/mol. The third-order valence-electron chi connectivity index (χ3n) is 2.77. The summed E-state index contributed by atoms with van der Waals surface area (Å²) in [6.07, 6.45) is 4.17. The zero-order valence-corrected chi connectivity index (χ0v) is 10.1. The van der Waals surface area contributed by atoms with Crippen molar-refractivity contribution in [1.82, 2.24) is 9.55 Å². The summed E-state index contributed by atoms with van der Waals surface area (Å²) in [6, 6.07) is 8.22. The monoisotopic (exact) mass is 230 g/mol. The van der Waals surface area contributed by atoms with Crippen molar-refractivity contribution in [3.05, 3.63) is 29.0 Å². The fourth-order valence-corrected chi connectivity index (χ4v) is 2.22. The number of para-hydroxylation sites is 2. The highest BCUT2D eigenvalue weighted by Crippen LogP contribution is 2.14. The maximum atomic E-state index is 5.47. The summed E-state index contributed by atoms with van der Waals surface area (Å²) in [6.45, 7) is 0.975. The Bertz CT molecular complexity index is 515. The first kappa shape index (κ1) is 11.5. The summed E-state index contributed by atoms with van der Waals surface area (Å²) in [5, 5.41) is 0. The molecule has 2 aromatic rings. The van der Waals surface area contributed by atoms with E-state index in [9.17, 15) is 0 Å². The van der Waals surface area contributed by atoms with Crippen molar-refractivity contribution in [2.75, 3.05) is 0 Å². The van der Waals surface area contributed by atoms with E-state index in [1.165, 1.54) is 5.52 Å². The first-order chi connectivity index (χ1) is 7.83. The fourth-order valence-electron chi connectivity index (χ4n) is 1.92. The van der Waals surface area contributed by atoms with Crippen LogP contribution in [0.5, 0.6) is 0 Å². The van der Waals surface area contributed by atoms with Crippen LogP contribution >= 0.6 is 12.2 Å². The van der Waals surface area contributed by atoms with Crippen LogP contribution in [0.25, 0.3) is 11.0 Å². The number of H-pyrrole nitrogens is 1. The molecule has 0 fully saturated rings. The minimum absolute atomic E-state index is 0.777. The molecule has 0 bridgehead atoms. The molecule has 82 valence electrons. The second-order valence-corrected chi connectivity index (χ2v) is 4.33. The number of aryl methyl sites for hydroxylation is 1. The summed E-state index contributed by atoms with van der Waals surface area (Å²) in [4.78, 5) is 3.22. The molecule has 2 rings (SSSR count). The summed E-state index contributed by atoms with van der Waals surface area (Å²) in [7, 11) is 5.47. The number of hydrogen-bond acceptors (Lipinski definition) is 1. The molecule has 0 unspecified atom stereocenters. The topological polar surface area (TPSA) is 20.7 Å². The highest BCUT2D eigenvalue weighted by atomic mass is 32.1. The number of hydrogen-bond donors (Lipinski definition) is 1. The zero-order valence-electron chi connectivity index (χ0n) is 9.28. The molecule has 0 aliphatic carbocycles. The number of nitrogens with one attached hydrogen (secondary N) is 1. The average Bonchev–Trinajstić information content (AvgIpc) is 2.61. The molecule has 0 saturated heterocycles. The molecule has 16 heavy (non-hydrogen) atoms. The Hall–Kier alpha value is -1.03. The van der Waals surface area contributed by atoms with Crippen molar-refractivity contribution in [1.29, 1.82) is 0 Å². The van der Waals surface area contributed by atoms with Gasteiger partial charge in [-0.3, -0.25) is 0 Å². The van der Waals surface area contributed by atoms with Crippen LogP contribution in [-0.2, 0) is 6.54 Å². The van der Waals surface area contributed by atoms with Crippen LogP contribution in [0, 0.1) is 4.77 Å². The largest absolute Gasteiger partial charge is 0.331 e. The van der Waals surface area contributed by atoms with E-state index in [-0.39, 0.29) is 0 Å². The van der Waals surface area contributed by atoms with E-state index in [0.717, 1.165) is 42.4 Å². The van der Waals surface area contributed by atoms with Crippen molar-refractivity contribution >= 4 is 31.1 Å². The summed E-state index contributed by atoms with van der Waals surface area (Å²) in [5.41, 5.74) is 2.31. The van der Waals surface area contributed by atoms with Crippen LogP contribution in [0.3, 0.4) is 0 Å². The maximum absolute atomic E-state index is 5.47. The second-order valence-electron chi connectivity index (χ2n) is 3.95. The number of aromatic nitrogens is 2. The molecule has 2 nitrogen and oxygen atoms in total. The van der Waals surface area contributed by atoms with Gasteiger partial charge in [0, 0.05) is 6.54 Å². The summed E-state index contributed by atoms with van der Waals surface area (Å²) < 4.78 is 2.98. The molecule has 0 aliphatic rings. The number of unbranched alkanes of at least 4 members (excludes halogenated alkanes) is 2. The van der Waals surface area contributed by atoms with Gasteiger partial charge in [-0.2, -0.15) is 0 Å². The minimum Gasteiger partial charge on any atom is -0.331 e. The van der Waals surface area contributed by atoms with Crippen LogP contribution in [0.4, 0.5) is 0 Å². The minimum atomic E-state index is 0.777. The summed E-state index contributed by atoms with van der Waals surface area (Å²) in [5.74, 6) is 0. The number of imidazole rings is 1. The zero-order chi connectivity index (χ0) is 11.4. The number of fused-ring (bicyclic) bond motifs is 1. The van der Waals surface area contributed by atoms with Gasteiger partial charge in [0.15, 0.2) is 4.77 Å². The first-order valence-corrected chi connectivity index (χ1v) is 6.11. The van der Waals surface area contributed by atoms with Crippen molar-refractivity contribution in [3.63, 3.8) is 0 Å². The van der Waals surface area contributed by atoms with Crippen LogP contribution in [-0.4, -0.2) is 17.4 Å². The lowest BCUT2D eigenvalue weighted by Crippen LogP contribution is -1.97. The van der Waals surface area contributed by atoms with Crippen molar-refractivity contribution in [2.45, 2.75) is 32.1 Å². The van der Waals surface area contributed by atoms with E-state index < -0.39 is 0 Å². The Morgan fingerprint density at radius 2 is 2.00 bits per heavy atom. The van der Waals surface area contributed by atoms with Gasteiger partial charge in [0.25, 0.3) is 0 Å². The lowest BCUT2D eigenvalue weighted by Gasteiger charge is -2.03. The van der Waals surface area contributed by atoms with Gasteiger partial charge in [-0.25, -0.2) is 0 Å². The van der Waals surface area contributed by atoms with Gasteiger partial charge >= 0.3 is 0 Å². The lowest BCUT2D eigenvalue weighted by atomic mass is 9.99. The van der Waals surface area contributed by atoms with E-state index >= 15 is 0 Å². The number of nitrogens with zero attached hydrogens (tertiary/aromatic N) is 1. The van der Waals surface area contributed by atoms with Gasteiger partial charge in [0.2, 0.25) is 0 Å². The second kappa shape index (κ2) is 5.35. The lowest BCUT2D eigenvalue weighted by molar-refractivity contribution is 0.608. The van der Waals surface area contributed by atoms with Gasteiger partial charge in [-0.15, -0.1) is 0 Å². The first-order valence-electron chi connectivity index (χ1n) is 5.70. The average molecular weight is 230 g/mol. The third-order valence-corrected chi connectivity index (χ3v) is 3.09. The Labute approximate surface area is 102 Å². The van der Waals surface area contributed by atoms with Crippen LogP contribution in [0.2, 0.25) is 6.32 Å². The molecule has 1 heterocycles. The normalized spacial score (nSPS) is 11.0. The molecule has 1 aromatic heterocycles. The van der Waals surface area contributed by atoms with E-state index in [1.54, 1.807) is 0 Å². The number of aromatic amines is 1. The fraction of sp³-hybridized carbons (Fsp3) is 0.417. The van der Waals surface area contributed by atoms with E-state index in [1.807, 2.05) is 12.1 Å². The van der Waals surface area contributed by atoms with Gasteiger partial charge in [-0.1, -0.05) is 31.3 Å². The molecule has 1 aromatic carbocycles. The highest BCUT2D eigenvalue weighted by molar-refractivity contribution is 7.71. The molecule has 0 saturated carbocycles. The van der Waals surface area contributed by atoms with Gasteiger partial charge in [-0.05, 0) is 30.8 Å². The van der Waals surface area contributed by atoms with Crippen molar-refractivity contribution in [3.8, 4) is 0 Å².